The summed E-state index contributed by atoms with van der Waals surface area (Å²) in [6.07, 6.45) is 0. The van der Waals surface area contributed by atoms with E-state index < -0.39 is 11.9 Å². The molecule has 15 heavy (non-hydrogen) atoms. The predicted molar refractivity (Wildman–Crippen MR) is 52.9 cm³/mol. The van der Waals surface area contributed by atoms with Crippen molar-refractivity contribution in [2.75, 3.05) is 6.61 Å². The molecule has 0 aliphatic carbocycles. The maximum Gasteiger partial charge on any atom is 0.339 e. The quantitative estimate of drug-likeness (QED) is 0.552. The Balaban J connectivity index is 2.22. The number of benzene rings is 1. The van der Waals surface area contributed by atoms with E-state index in [1.807, 2.05) is 30.3 Å². The van der Waals surface area contributed by atoms with Crippen molar-refractivity contribution >= 4 is 11.9 Å². The Morgan fingerprint density at radius 3 is 2.47 bits per heavy atom. The molecule has 0 aliphatic rings. The molecule has 0 fully saturated rings. The van der Waals surface area contributed by atoms with E-state index in [1.165, 1.54) is 6.92 Å². The molecule has 0 spiro atoms. The molecule has 0 radical (unpaired) electrons. The van der Waals surface area contributed by atoms with Crippen LogP contribution in [0.15, 0.2) is 30.3 Å². The van der Waals surface area contributed by atoms with E-state index in [-0.39, 0.29) is 6.61 Å². The van der Waals surface area contributed by atoms with Gasteiger partial charge in [0.05, 0.1) is 6.61 Å². The lowest BCUT2D eigenvalue weighted by Gasteiger charge is -2.02. The summed E-state index contributed by atoms with van der Waals surface area (Å²) in [6.45, 7) is 1.29. The molecule has 0 aromatic heterocycles. The van der Waals surface area contributed by atoms with Gasteiger partial charge in [-0.15, -0.1) is 0 Å². The third-order valence-electron chi connectivity index (χ3n) is 1.59. The van der Waals surface area contributed by atoms with Crippen LogP contribution in [-0.4, -0.2) is 18.5 Å². The Morgan fingerprint density at radius 2 is 1.87 bits per heavy atom. The summed E-state index contributed by atoms with van der Waals surface area (Å²) in [4.78, 5) is 21.3. The Hall–Kier alpha value is -1.68. The van der Waals surface area contributed by atoms with E-state index >= 15 is 0 Å². The number of rotatable bonds is 4. The van der Waals surface area contributed by atoms with Crippen LogP contribution < -0.4 is 0 Å². The molecule has 0 saturated heterocycles. The second-order valence-electron chi connectivity index (χ2n) is 2.94. The van der Waals surface area contributed by atoms with Gasteiger partial charge in [-0.05, 0) is 5.56 Å². The molecular weight excluding hydrogens is 196 g/mol. The van der Waals surface area contributed by atoms with Gasteiger partial charge in [0.2, 0.25) is 0 Å². The largest absolute Gasteiger partial charge is 0.392 e. The summed E-state index contributed by atoms with van der Waals surface area (Å²) in [6, 6.07) is 9.43. The highest BCUT2D eigenvalue weighted by molar-refractivity contribution is 5.84. The average molecular weight is 208 g/mol. The standard InChI is InChI=1S/C11H12O4/c1-9(12)15-11(13)8-14-7-10-5-3-2-4-6-10/h2-6H,7-8H2,1H3. The van der Waals surface area contributed by atoms with Crippen LogP contribution >= 0.6 is 0 Å². The van der Waals surface area contributed by atoms with Gasteiger partial charge in [0, 0.05) is 6.92 Å². The van der Waals surface area contributed by atoms with E-state index in [0.717, 1.165) is 5.56 Å². The van der Waals surface area contributed by atoms with Gasteiger partial charge in [-0.3, -0.25) is 4.79 Å². The maximum absolute atomic E-state index is 10.9. The van der Waals surface area contributed by atoms with E-state index in [2.05, 4.69) is 4.74 Å². The minimum Gasteiger partial charge on any atom is -0.392 e. The molecule has 4 heteroatoms. The third-order valence-corrected chi connectivity index (χ3v) is 1.59. The highest BCUT2D eigenvalue weighted by atomic mass is 16.6. The van der Waals surface area contributed by atoms with Gasteiger partial charge in [-0.25, -0.2) is 4.79 Å². The lowest BCUT2D eigenvalue weighted by Crippen LogP contribution is -2.15. The summed E-state index contributed by atoms with van der Waals surface area (Å²) in [5, 5.41) is 0. The van der Waals surface area contributed by atoms with Gasteiger partial charge in [0.25, 0.3) is 0 Å². The molecule has 80 valence electrons. The lowest BCUT2D eigenvalue weighted by atomic mass is 10.2. The van der Waals surface area contributed by atoms with Crippen molar-refractivity contribution in [3.05, 3.63) is 35.9 Å². The first-order valence-electron chi connectivity index (χ1n) is 4.51. The molecule has 0 bridgehead atoms. The molecule has 0 N–H and O–H groups in total. The summed E-state index contributed by atoms with van der Waals surface area (Å²) in [5.74, 6) is -1.29. The van der Waals surface area contributed by atoms with Crippen LogP contribution in [0.25, 0.3) is 0 Å². The Kier molecular flexibility index (Phi) is 4.50. The Bertz CT molecular complexity index is 332. The number of esters is 2. The van der Waals surface area contributed by atoms with Crippen LogP contribution in [0.4, 0.5) is 0 Å². The molecule has 1 aromatic rings. The van der Waals surface area contributed by atoms with Crippen LogP contribution in [-0.2, 0) is 25.7 Å². The molecule has 4 nitrogen and oxygen atoms in total. The highest BCUT2D eigenvalue weighted by Gasteiger charge is 2.05. The summed E-state index contributed by atoms with van der Waals surface area (Å²) < 4.78 is 9.34. The first-order valence-corrected chi connectivity index (χ1v) is 4.51. The smallest absolute Gasteiger partial charge is 0.339 e. The van der Waals surface area contributed by atoms with Crippen LogP contribution in [0.3, 0.4) is 0 Å². The van der Waals surface area contributed by atoms with Crippen molar-refractivity contribution < 1.29 is 19.1 Å². The number of hydrogen-bond acceptors (Lipinski definition) is 4. The van der Waals surface area contributed by atoms with Crippen LogP contribution in [0.5, 0.6) is 0 Å². The average Bonchev–Trinajstić information content (AvgIpc) is 2.18. The normalized spacial score (nSPS) is 9.67. The van der Waals surface area contributed by atoms with Gasteiger partial charge in [-0.2, -0.15) is 0 Å². The van der Waals surface area contributed by atoms with Gasteiger partial charge >= 0.3 is 11.9 Å². The van der Waals surface area contributed by atoms with E-state index in [0.29, 0.717) is 6.61 Å². The fraction of sp³-hybridized carbons (Fsp3) is 0.273. The van der Waals surface area contributed by atoms with Crippen LogP contribution in [0, 0.1) is 0 Å². The summed E-state index contributed by atoms with van der Waals surface area (Å²) >= 11 is 0. The highest BCUT2D eigenvalue weighted by Crippen LogP contribution is 2.00. The van der Waals surface area contributed by atoms with Gasteiger partial charge in [0.1, 0.15) is 6.61 Å². The van der Waals surface area contributed by atoms with E-state index in [4.69, 9.17) is 4.74 Å². The molecule has 1 rings (SSSR count). The van der Waals surface area contributed by atoms with Gasteiger partial charge in [-0.1, -0.05) is 30.3 Å². The minimum atomic E-state index is -0.668. The second-order valence-corrected chi connectivity index (χ2v) is 2.94. The molecule has 0 saturated carbocycles. The van der Waals surface area contributed by atoms with Crippen molar-refractivity contribution in [3.8, 4) is 0 Å². The van der Waals surface area contributed by atoms with Crippen LogP contribution in [0.2, 0.25) is 0 Å². The minimum absolute atomic E-state index is 0.214. The molecule has 0 atom stereocenters. The maximum atomic E-state index is 10.9. The van der Waals surface area contributed by atoms with Gasteiger partial charge < -0.3 is 9.47 Å². The van der Waals surface area contributed by atoms with Crippen molar-refractivity contribution in [1.29, 1.82) is 0 Å². The van der Waals surface area contributed by atoms with Crippen molar-refractivity contribution in [2.45, 2.75) is 13.5 Å². The molecule has 1 aromatic carbocycles. The Labute approximate surface area is 87.8 Å². The van der Waals surface area contributed by atoms with Crippen molar-refractivity contribution in [1.82, 2.24) is 0 Å². The molecular formula is C11H12O4. The third kappa shape index (κ3) is 4.93. The lowest BCUT2D eigenvalue weighted by molar-refractivity contribution is -0.161. The molecule has 0 amide bonds. The van der Waals surface area contributed by atoms with Gasteiger partial charge in [0.15, 0.2) is 0 Å². The monoisotopic (exact) mass is 208 g/mol. The van der Waals surface area contributed by atoms with Crippen molar-refractivity contribution in [3.63, 3.8) is 0 Å². The number of hydrogen-bond donors (Lipinski definition) is 0. The van der Waals surface area contributed by atoms with E-state index in [9.17, 15) is 9.59 Å². The second kappa shape index (κ2) is 5.93. The summed E-state index contributed by atoms with van der Waals surface area (Å²) in [5.41, 5.74) is 0.966. The number of ether oxygens (including phenoxy) is 2. The SMILES string of the molecule is CC(=O)OC(=O)COCc1ccccc1. The molecule has 0 aliphatic heterocycles. The summed E-state index contributed by atoms with van der Waals surface area (Å²) in [7, 11) is 0. The number of carbonyl (C=O) groups is 2. The topological polar surface area (TPSA) is 52.6 Å². The molecule has 0 heterocycles. The Morgan fingerprint density at radius 1 is 1.20 bits per heavy atom. The zero-order chi connectivity index (χ0) is 11.1. The van der Waals surface area contributed by atoms with Crippen LogP contribution in [0.1, 0.15) is 12.5 Å². The fourth-order valence-electron chi connectivity index (χ4n) is 1.02. The number of carbonyl (C=O) groups excluding carboxylic acids is 2. The molecule has 0 unspecified atom stereocenters. The van der Waals surface area contributed by atoms with Crippen molar-refractivity contribution in [2.24, 2.45) is 0 Å². The zero-order valence-corrected chi connectivity index (χ0v) is 8.43. The van der Waals surface area contributed by atoms with E-state index in [1.54, 1.807) is 0 Å². The fourth-order valence-corrected chi connectivity index (χ4v) is 1.02. The first-order chi connectivity index (χ1) is 7.18. The predicted octanol–water partition coefficient (Wildman–Crippen LogP) is 1.29. The first kappa shape index (κ1) is 11.4. The zero-order valence-electron chi connectivity index (χ0n) is 8.43.